The van der Waals surface area contributed by atoms with E-state index >= 15 is 0 Å². The number of likely N-dealkylation sites (N-methyl/N-ethyl adjacent to an activating group) is 1. The van der Waals surface area contributed by atoms with Crippen molar-refractivity contribution in [3.05, 3.63) is 57.0 Å². The van der Waals surface area contributed by atoms with Crippen LogP contribution in [0.4, 0.5) is 5.69 Å². The molecule has 2 amide bonds. The highest BCUT2D eigenvalue weighted by Crippen LogP contribution is 2.31. The zero-order chi connectivity index (χ0) is 27.8. The molecule has 0 saturated carbocycles. The van der Waals surface area contributed by atoms with Crippen LogP contribution in [0.15, 0.2) is 36.4 Å². The monoisotopic (exact) mass is 591 g/mol. The van der Waals surface area contributed by atoms with Crippen molar-refractivity contribution in [1.82, 2.24) is 10.2 Å². The molecule has 0 unspecified atom stereocenters. The number of benzene rings is 2. The second kappa shape index (κ2) is 14.1. The minimum atomic E-state index is -3.66. The Bertz CT molecular complexity index is 1190. The summed E-state index contributed by atoms with van der Waals surface area (Å²) in [6.07, 6.45) is 1.66. The number of hydrogen-bond donors (Lipinski definition) is 1. The van der Waals surface area contributed by atoms with Crippen LogP contribution in [0.3, 0.4) is 0 Å². The standard InChI is InChI=1S/C25H32Cl3N3O5S/c1-5-22(25(33)29-6-2)30(16-18-19(26)9-7-10-20(18)27)24(32)11-8-14-31(37(4,34)35)17-12-13-23(36-3)21(28)15-17/h7,9-10,12-13,15,22H,5-6,8,11,14,16H2,1-4H3,(H,29,33)/t22-/m1/s1. The molecule has 0 saturated heterocycles. The molecule has 0 aromatic heterocycles. The van der Waals surface area contributed by atoms with Gasteiger partial charge in [-0.05, 0) is 50.1 Å². The van der Waals surface area contributed by atoms with Crippen molar-refractivity contribution < 1.29 is 22.7 Å². The number of methoxy groups -OCH3 is 1. The second-order valence-electron chi connectivity index (χ2n) is 8.30. The molecule has 2 aromatic rings. The maximum atomic E-state index is 13.4. The van der Waals surface area contributed by atoms with Gasteiger partial charge in [0.2, 0.25) is 21.8 Å². The van der Waals surface area contributed by atoms with Crippen LogP contribution in [0.25, 0.3) is 0 Å². The van der Waals surface area contributed by atoms with Gasteiger partial charge in [-0.2, -0.15) is 0 Å². The van der Waals surface area contributed by atoms with Crippen LogP contribution in [0.1, 0.15) is 38.7 Å². The number of anilines is 1. The Labute approximate surface area is 233 Å². The second-order valence-corrected chi connectivity index (χ2v) is 11.4. The quantitative estimate of drug-likeness (QED) is 0.347. The van der Waals surface area contributed by atoms with E-state index in [0.717, 1.165) is 6.26 Å². The van der Waals surface area contributed by atoms with E-state index in [1.54, 1.807) is 37.3 Å². The van der Waals surface area contributed by atoms with Crippen LogP contribution in [-0.4, -0.2) is 57.6 Å². The third kappa shape index (κ3) is 8.40. The van der Waals surface area contributed by atoms with Crippen LogP contribution in [0.5, 0.6) is 5.75 Å². The third-order valence-corrected chi connectivity index (χ3v) is 7.90. The Balaban J connectivity index is 2.27. The molecule has 2 aromatic carbocycles. The van der Waals surface area contributed by atoms with Gasteiger partial charge in [-0.3, -0.25) is 13.9 Å². The van der Waals surface area contributed by atoms with Crippen molar-refractivity contribution in [2.75, 3.05) is 30.8 Å². The Morgan fingerprint density at radius 2 is 1.70 bits per heavy atom. The van der Waals surface area contributed by atoms with E-state index in [0.29, 0.717) is 40.0 Å². The van der Waals surface area contributed by atoms with E-state index < -0.39 is 16.1 Å². The molecular weight excluding hydrogens is 561 g/mol. The van der Waals surface area contributed by atoms with E-state index in [1.807, 2.05) is 6.92 Å². The molecule has 0 heterocycles. The molecule has 8 nitrogen and oxygen atoms in total. The van der Waals surface area contributed by atoms with E-state index in [9.17, 15) is 18.0 Å². The Hall–Kier alpha value is -2.20. The van der Waals surface area contributed by atoms with Crippen molar-refractivity contribution in [3.8, 4) is 5.75 Å². The Morgan fingerprint density at radius 3 is 2.22 bits per heavy atom. The van der Waals surface area contributed by atoms with Crippen LogP contribution in [-0.2, 0) is 26.2 Å². The lowest BCUT2D eigenvalue weighted by molar-refractivity contribution is -0.141. The zero-order valence-electron chi connectivity index (χ0n) is 21.3. The molecule has 0 aliphatic carbocycles. The largest absolute Gasteiger partial charge is 0.495 e. The molecule has 204 valence electrons. The zero-order valence-corrected chi connectivity index (χ0v) is 24.3. The number of hydrogen-bond acceptors (Lipinski definition) is 5. The van der Waals surface area contributed by atoms with Crippen LogP contribution >= 0.6 is 34.8 Å². The van der Waals surface area contributed by atoms with Crippen molar-refractivity contribution in [2.45, 2.75) is 45.7 Å². The molecule has 37 heavy (non-hydrogen) atoms. The van der Waals surface area contributed by atoms with E-state index in [1.165, 1.54) is 22.4 Å². The molecule has 2 rings (SSSR count). The average molecular weight is 593 g/mol. The summed E-state index contributed by atoms with van der Waals surface area (Å²) in [4.78, 5) is 27.7. The summed E-state index contributed by atoms with van der Waals surface area (Å²) in [6, 6.07) is 8.95. The van der Waals surface area contributed by atoms with Crippen LogP contribution in [0.2, 0.25) is 15.1 Å². The van der Waals surface area contributed by atoms with Crippen molar-refractivity contribution in [2.24, 2.45) is 0 Å². The lowest BCUT2D eigenvalue weighted by atomic mass is 10.1. The van der Waals surface area contributed by atoms with Gasteiger partial charge in [0, 0.05) is 41.7 Å². The van der Waals surface area contributed by atoms with Crippen molar-refractivity contribution in [1.29, 1.82) is 0 Å². The van der Waals surface area contributed by atoms with Gasteiger partial charge >= 0.3 is 0 Å². The predicted molar refractivity (Wildman–Crippen MR) is 149 cm³/mol. The molecule has 0 fully saturated rings. The third-order valence-electron chi connectivity index (χ3n) is 5.70. The van der Waals surface area contributed by atoms with Crippen molar-refractivity contribution >= 4 is 62.3 Å². The number of carbonyl (C=O) groups excluding carboxylic acids is 2. The van der Waals surface area contributed by atoms with Gasteiger partial charge in [-0.15, -0.1) is 0 Å². The van der Waals surface area contributed by atoms with Gasteiger partial charge in [0.1, 0.15) is 11.8 Å². The summed E-state index contributed by atoms with van der Waals surface area (Å²) >= 11 is 18.9. The highest BCUT2D eigenvalue weighted by atomic mass is 35.5. The number of nitrogens with zero attached hydrogens (tertiary/aromatic N) is 2. The molecule has 0 radical (unpaired) electrons. The van der Waals surface area contributed by atoms with E-state index in [-0.39, 0.29) is 42.8 Å². The topological polar surface area (TPSA) is 96.0 Å². The smallest absolute Gasteiger partial charge is 0.242 e. The molecule has 0 aliphatic rings. The maximum absolute atomic E-state index is 13.4. The molecule has 12 heteroatoms. The number of carbonyl (C=O) groups is 2. The number of sulfonamides is 1. The normalized spacial score (nSPS) is 12.1. The molecule has 0 spiro atoms. The summed E-state index contributed by atoms with van der Waals surface area (Å²) in [6.45, 7) is 4.10. The van der Waals surface area contributed by atoms with Gasteiger partial charge in [0.05, 0.1) is 24.1 Å². The van der Waals surface area contributed by atoms with E-state index in [4.69, 9.17) is 39.5 Å². The van der Waals surface area contributed by atoms with Crippen LogP contribution < -0.4 is 14.4 Å². The van der Waals surface area contributed by atoms with Crippen molar-refractivity contribution in [3.63, 3.8) is 0 Å². The molecule has 0 bridgehead atoms. The first-order valence-electron chi connectivity index (χ1n) is 11.8. The first-order chi connectivity index (χ1) is 17.4. The highest BCUT2D eigenvalue weighted by molar-refractivity contribution is 7.92. The van der Waals surface area contributed by atoms with Gasteiger partial charge in [-0.25, -0.2) is 8.42 Å². The SMILES string of the molecule is CCNC(=O)[C@@H](CC)N(Cc1c(Cl)cccc1Cl)C(=O)CCCN(c1ccc(OC)c(Cl)c1)S(C)(=O)=O. The van der Waals surface area contributed by atoms with E-state index in [2.05, 4.69) is 5.32 Å². The number of rotatable bonds is 13. The number of halogens is 3. The molecular formula is C25H32Cl3N3O5S. The number of nitrogens with one attached hydrogen (secondary N) is 1. The highest BCUT2D eigenvalue weighted by Gasteiger charge is 2.29. The fourth-order valence-electron chi connectivity index (χ4n) is 3.88. The summed E-state index contributed by atoms with van der Waals surface area (Å²) in [5.74, 6) is -0.193. The maximum Gasteiger partial charge on any atom is 0.242 e. The molecule has 1 atom stereocenters. The minimum Gasteiger partial charge on any atom is -0.495 e. The lowest BCUT2D eigenvalue weighted by Gasteiger charge is -2.31. The summed E-state index contributed by atoms with van der Waals surface area (Å²) in [7, 11) is -2.20. The Kier molecular flexibility index (Phi) is 11.8. The summed E-state index contributed by atoms with van der Waals surface area (Å²) < 4.78 is 31.3. The number of ether oxygens (including phenoxy) is 1. The first-order valence-corrected chi connectivity index (χ1v) is 14.7. The van der Waals surface area contributed by atoms with Gasteiger partial charge < -0.3 is 15.0 Å². The summed E-state index contributed by atoms with van der Waals surface area (Å²) in [5.41, 5.74) is 0.891. The molecule has 0 aliphatic heterocycles. The van der Waals surface area contributed by atoms with Gasteiger partial charge in [-0.1, -0.05) is 47.8 Å². The number of amides is 2. The van der Waals surface area contributed by atoms with Gasteiger partial charge in [0.15, 0.2) is 0 Å². The first kappa shape index (κ1) is 31.0. The average Bonchev–Trinajstić information content (AvgIpc) is 2.82. The van der Waals surface area contributed by atoms with Gasteiger partial charge in [0.25, 0.3) is 0 Å². The summed E-state index contributed by atoms with van der Waals surface area (Å²) in [5, 5.41) is 3.80. The minimum absolute atomic E-state index is 0.00607. The fraction of sp³-hybridized carbons (Fsp3) is 0.440. The van der Waals surface area contributed by atoms with Crippen LogP contribution in [0, 0.1) is 0 Å². The lowest BCUT2D eigenvalue weighted by Crippen LogP contribution is -2.49. The molecule has 1 N–H and O–H groups in total. The Morgan fingerprint density at radius 1 is 1.05 bits per heavy atom. The predicted octanol–water partition coefficient (Wildman–Crippen LogP) is 5.15. The fourth-order valence-corrected chi connectivity index (χ4v) is 5.61.